The van der Waals surface area contributed by atoms with Crippen molar-refractivity contribution in [2.24, 2.45) is 47.6 Å². The molecular formula is C17H30N16. The number of azo groups is 2. The van der Waals surface area contributed by atoms with E-state index in [0.717, 1.165) is 0 Å². The van der Waals surface area contributed by atoms with Crippen molar-refractivity contribution in [3.8, 4) is 0 Å². The van der Waals surface area contributed by atoms with E-state index >= 15 is 0 Å². The molecule has 9 N–H and O–H groups in total. The van der Waals surface area contributed by atoms with Gasteiger partial charge in [0.25, 0.3) is 0 Å². The molecule has 0 saturated carbocycles. The van der Waals surface area contributed by atoms with Crippen molar-refractivity contribution < 1.29 is 0 Å². The zero-order valence-electron chi connectivity index (χ0n) is 18.6. The third-order valence-electron chi connectivity index (χ3n) is 4.69. The topological polar surface area (TPSA) is 226 Å². The average molecular weight is 459 g/mol. The molecular weight excluding hydrogens is 428 g/mol. The fraction of sp³-hybridized carbons (Fsp3) is 0.529. The lowest BCUT2D eigenvalue weighted by Gasteiger charge is -2.44. The summed E-state index contributed by atoms with van der Waals surface area (Å²) in [6.07, 6.45) is 2.99. The van der Waals surface area contributed by atoms with E-state index in [2.05, 4.69) is 56.4 Å². The molecule has 1 fully saturated rings. The summed E-state index contributed by atoms with van der Waals surface area (Å²) in [6.45, 7) is 4.94. The van der Waals surface area contributed by atoms with E-state index in [4.69, 9.17) is 17.2 Å². The minimum Gasteiger partial charge on any atom is -0.386 e. The summed E-state index contributed by atoms with van der Waals surface area (Å²) in [5.74, 6) is 1.83. The normalized spacial score (nSPS) is 21.2. The second-order valence-electron chi connectivity index (χ2n) is 7.16. The Morgan fingerprint density at radius 3 is 2.61 bits per heavy atom. The van der Waals surface area contributed by atoms with Crippen LogP contribution >= 0.6 is 0 Å². The van der Waals surface area contributed by atoms with Crippen LogP contribution in [0.2, 0.25) is 0 Å². The van der Waals surface area contributed by atoms with Crippen LogP contribution in [0.25, 0.3) is 0 Å². The van der Waals surface area contributed by atoms with Gasteiger partial charge in [-0.25, -0.2) is 9.58 Å². The first-order chi connectivity index (χ1) is 15.9. The Kier molecular flexibility index (Phi) is 8.64. The average Bonchev–Trinajstić information content (AvgIpc) is 3.46. The van der Waals surface area contributed by atoms with Crippen LogP contribution in [0.5, 0.6) is 0 Å². The first-order valence-corrected chi connectivity index (χ1v) is 10.3. The highest BCUT2D eigenvalue weighted by Crippen LogP contribution is 2.15. The molecule has 0 spiro atoms. The summed E-state index contributed by atoms with van der Waals surface area (Å²) in [6, 6.07) is 3.44. The number of amidine groups is 2. The molecule has 0 bridgehead atoms. The number of hydrogen-bond acceptors (Lipinski definition) is 12. The van der Waals surface area contributed by atoms with E-state index < -0.39 is 0 Å². The molecule has 3 atom stereocenters. The summed E-state index contributed by atoms with van der Waals surface area (Å²) < 4.78 is 1.67. The van der Waals surface area contributed by atoms with Gasteiger partial charge in [-0.3, -0.25) is 25.7 Å². The van der Waals surface area contributed by atoms with Crippen LogP contribution in [-0.2, 0) is 0 Å². The number of hydrogen-bond donors (Lipinski definition) is 6. The maximum Gasteiger partial charge on any atom is 0.174 e. The van der Waals surface area contributed by atoms with Crippen molar-refractivity contribution in [3.05, 3.63) is 24.5 Å². The highest BCUT2D eigenvalue weighted by molar-refractivity contribution is 5.82. The standard InChI is InChI=1S/C17H30N16/c1-11(21-9-22-13(18)7-25-30-15-3-5-24-29-15)33-16(4-6-27-33)31-26-8-14(19)23-10-32-12(2)28-17(32)20/h3-6,11-12,17,21,28H,7-10,20H2,1-2H3,(H2,18,22)(H2,19,23)(H,24,29)/b30-25+,31-26+. The molecule has 16 heteroatoms. The summed E-state index contributed by atoms with van der Waals surface area (Å²) in [5.41, 5.74) is 17.6. The van der Waals surface area contributed by atoms with Gasteiger partial charge in [-0.05, 0) is 13.8 Å². The fourth-order valence-electron chi connectivity index (χ4n) is 2.80. The summed E-state index contributed by atoms with van der Waals surface area (Å²) in [5, 5.41) is 33.2. The van der Waals surface area contributed by atoms with E-state index in [1.165, 1.54) is 0 Å². The lowest BCUT2D eigenvalue weighted by Crippen LogP contribution is -2.72. The minimum absolute atomic E-state index is 0.172. The van der Waals surface area contributed by atoms with Gasteiger partial charge >= 0.3 is 0 Å². The monoisotopic (exact) mass is 458 g/mol. The van der Waals surface area contributed by atoms with Gasteiger partial charge in [0.1, 0.15) is 37.2 Å². The number of aromatic nitrogens is 4. The first-order valence-electron chi connectivity index (χ1n) is 10.3. The van der Waals surface area contributed by atoms with Crippen molar-refractivity contribution in [2.45, 2.75) is 32.5 Å². The highest BCUT2D eigenvalue weighted by Gasteiger charge is 2.30. The van der Waals surface area contributed by atoms with Gasteiger partial charge in [0, 0.05) is 12.1 Å². The molecule has 3 rings (SSSR count). The number of H-pyrrole nitrogens is 1. The van der Waals surface area contributed by atoms with E-state index in [0.29, 0.717) is 30.0 Å². The third kappa shape index (κ3) is 7.21. The van der Waals surface area contributed by atoms with Gasteiger partial charge in [0.15, 0.2) is 11.6 Å². The van der Waals surface area contributed by atoms with Gasteiger partial charge < -0.3 is 17.2 Å². The Bertz CT molecular complexity index is 965. The van der Waals surface area contributed by atoms with E-state index in [-0.39, 0.29) is 38.4 Å². The van der Waals surface area contributed by atoms with Crippen molar-refractivity contribution in [1.82, 2.24) is 35.5 Å². The van der Waals surface area contributed by atoms with E-state index in [9.17, 15) is 0 Å². The molecule has 0 aromatic carbocycles. The van der Waals surface area contributed by atoms with Gasteiger partial charge in [-0.15, -0.1) is 10.2 Å². The van der Waals surface area contributed by atoms with Crippen molar-refractivity contribution in [3.63, 3.8) is 0 Å². The SMILES string of the molecule is CC1NC(N)N1C/N=C(/N)C/N=N/c1ccnn1C(C)NC/N=C(/N)C/N=N/c1ccn[nH]1. The maximum absolute atomic E-state index is 5.91. The van der Waals surface area contributed by atoms with Crippen molar-refractivity contribution >= 4 is 23.3 Å². The molecule has 1 aliphatic rings. The largest absolute Gasteiger partial charge is 0.386 e. The summed E-state index contributed by atoms with van der Waals surface area (Å²) in [7, 11) is 0. The van der Waals surface area contributed by atoms with Gasteiger partial charge in [-0.1, -0.05) is 0 Å². The van der Waals surface area contributed by atoms with Gasteiger partial charge in [-0.2, -0.15) is 20.4 Å². The second-order valence-corrected chi connectivity index (χ2v) is 7.16. The molecule has 3 heterocycles. The molecule has 178 valence electrons. The molecule has 0 radical (unpaired) electrons. The first kappa shape index (κ1) is 24.1. The van der Waals surface area contributed by atoms with Crippen molar-refractivity contribution in [2.75, 3.05) is 26.4 Å². The predicted molar refractivity (Wildman–Crippen MR) is 123 cm³/mol. The lowest BCUT2D eigenvalue weighted by molar-refractivity contribution is -0.00955. The zero-order valence-corrected chi connectivity index (χ0v) is 18.6. The molecule has 16 nitrogen and oxygen atoms in total. The number of aromatic amines is 1. The number of rotatable bonds is 12. The second kappa shape index (κ2) is 11.9. The Hall–Kier alpha value is -3.60. The number of nitrogens with one attached hydrogen (secondary N) is 3. The Morgan fingerprint density at radius 1 is 1.15 bits per heavy atom. The zero-order chi connectivity index (χ0) is 23.6. The minimum atomic E-state index is -0.204. The molecule has 0 amide bonds. The molecule has 1 aliphatic heterocycles. The van der Waals surface area contributed by atoms with Crippen LogP contribution in [0.15, 0.2) is 55.0 Å². The molecule has 1 saturated heterocycles. The van der Waals surface area contributed by atoms with Crippen LogP contribution in [0.3, 0.4) is 0 Å². The van der Waals surface area contributed by atoms with Crippen molar-refractivity contribution in [1.29, 1.82) is 0 Å². The van der Waals surface area contributed by atoms with Gasteiger partial charge in [0.05, 0.1) is 31.9 Å². The van der Waals surface area contributed by atoms with E-state index in [1.54, 1.807) is 29.2 Å². The van der Waals surface area contributed by atoms with Crippen LogP contribution in [-0.4, -0.2) is 75.4 Å². The smallest absolute Gasteiger partial charge is 0.174 e. The summed E-state index contributed by atoms with van der Waals surface area (Å²) in [4.78, 5) is 10.5. The van der Waals surface area contributed by atoms with Crippen LogP contribution < -0.4 is 27.8 Å². The highest BCUT2D eigenvalue weighted by atomic mass is 15.5. The Labute approximate surface area is 190 Å². The molecule has 3 unspecified atom stereocenters. The molecule has 0 aliphatic carbocycles. The lowest BCUT2D eigenvalue weighted by atomic mass is 10.3. The Morgan fingerprint density at radius 2 is 1.91 bits per heavy atom. The van der Waals surface area contributed by atoms with E-state index in [1.807, 2.05) is 18.7 Å². The number of aliphatic imine (C=N–C) groups is 2. The third-order valence-corrected chi connectivity index (χ3v) is 4.69. The maximum atomic E-state index is 5.91. The van der Waals surface area contributed by atoms with Crippen LogP contribution in [0.4, 0.5) is 11.6 Å². The summed E-state index contributed by atoms with van der Waals surface area (Å²) >= 11 is 0. The number of nitrogens with two attached hydrogens (primary N) is 3. The van der Waals surface area contributed by atoms with Gasteiger partial charge in [0.2, 0.25) is 0 Å². The van der Waals surface area contributed by atoms with Crippen LogP contribution in [0.1, 0.15) is 20.0 Å². The Balaban J connectivity index is 1.42. The fourth-order valence-corrected chi connectivity index (χ4v) is 2.80. The molecule has 2 aromatic heterocycles. The quantitative estimate of drug-likeness (QED) is 0.140. The number of nitrogens with zero attached hydrogens (tertiary/aromatic N) is 10. The molecule has 2 aromatic rings. The van der Waals surface area contributed by atoms with Crippen LogP contribution in [0, 0.1) is 0 Å². The molecule has 33 heavy (non-hydrogen) atoms. The predicted octanol–water partition coefficient (Wildman–Crippen LogP) is -0.295.